The van der Waals surface area contributed by atoms with Crippen molar-refractivity contribution in [3.8, 4) is 22.4 Å². The van der Waals surface area contributed by atoms with Crippen molar-refractivity contribution in [1.29, 1.82) is 0 Å². The molecule has 2 N–H and O–H groups in total. The summed E-state index contributed by atoms with van der Waals surface area (Å²) in [5.74, 6) is 0.0660. The van der Waals surface area contributed by atoms with Crippen LogP contribution in [0.1, 0.15) is 28.4 Å². The number of nitrogens with one attached hydrogen (secondary N) is 2. The van der Waals surface area contributed by atoms with Crippen LogP contribution in [-0.2, 0) is 0 Å². The van der Waals surface area contributed by atoms with Crippen LogP contribution in [0.4, 0.5) is 11.4 Å². The van der Waals surface area contributed by atoms with E-state index in [0.29, 0.717) is 0 Å². The van der Waals surface area contributed by atoms with Crippen molar-refractivity contribution in [2.24, 2.45) is 10.9 Å². The molecule has 204 valence electrons. The third kappa shape index (κ3) is 4.51. The van der Waals surface area contributed by atoms with Crippen LogP contribution in [0.5, 0.6) is 0 Å². The van der Waals surface area contributed by atoms with E-state index >= 15 is 0 Å². The number of dihydropyridines is 1. The van der Waals surface area contributed by atoms with Gasteiger partial charge in [0.25, 0.3) is 0 Å². The normalized spacial score (nSPS) is 17.0. The number of rotatable bonds is 6. The van der Waals surface area contributed by atoms with E-state index in [9.17, 15) is 0 Å². The smallest absolute Gasteiger partial charge is 0.104 e. The summed E-state index contributed by atoms with van der Waals surface area (Å²) in [4.78, 5) is 10.9. The Hall–Kier alpha value is -5.22. The second kappa shape index (κ2) is 11.0. The van der Waals surface area contributed by atoms with E-state index in [0.717, 1.165) is 45.2 Å². The lowest BCUT2D eigenvalue weighted by Gasteiger charge is -2.33. The highest BCUT2D eigenvalue weighted by Gasteiger charge is 2.35. The third-order valence-electron chi connectivity index (χ3n) is 8.24. The molecule has 2 heterocycles. The minimum absolute atomic E-state index is 0.0660. The molecule has 0 bridgehead atoms. The number of hydrogen-bond donors (Lipinski definition) is 2. The lowest BCUT2D eigenvalue weighted by molar-refractivity contribution is 0.606. The zero-order valence-electron chi connectivity index (χ0n) is 23.8. The molecule has 1 aliphatic carbocycles. The first-order chi connectivity index (χ1) is 20.7. The summed E-state index contributed by atoms with van der Waals surface area (Å²) >= 11 is 0. The quantitative estimate of drug-likeness (QED) is 0.225. The van der Waals surface area contributed by atoms with Crippen molar-refractivity contribution < 1.29 is 0 Å². The van der Waals surface area contributed by atoms with Gasteiger partial charge in [0.2, 0.25) is 0 Å². The van der Waals surface area contributed by atoms with Crippen LogP contribution in [-0.4, -0.2) is 24.8 Å². The Morgan fingerprint density at radius 3 is 1.90 bits per heavy atom. The third-order valence-corrected chi connectivity index (χ3v) is 8.24. The molecule has 2 atom stereocenters. The fourth-order valence-electron chi connectivity index (χ4n) is 6.19. The molecule has 0 amide bonds. The number of aliphatic imine (C=N–C) groups is 1. The molecule has 4 nitrogen and oxygen atoms in total. The van der Waals surface area contributed by atoms with Crippen molar-refractivity contribution in [2.45, 2.75) is 6.04 Å². The fraction of sp³-hybridized carbons (Fsp3) is 0.105. The lowest BCUT2D eigenvalue weighted by atomic mass is 9.76. The number of benzene rings is 4. The van der Waals surface area contributed by atoms with Gasteiger partial charge in [-0.05, 0) is 46.5 Å². The minimum Gasteiger partial charge on any atom is -0.388 e. The predicted octanol–water partition coefficient (Wildman–Crippen LogP) is 8.77. The molecule has 7 rings (SSSR count). The molecule has 0 radical (unpaired) electrons. The summed E-state index contributed by atoms with van der Waals surface area (Å²) in [7, 11) is 3.92. The number of fused-ring (bicyclic) bond motifs is 3. The topological polar surface area (TPSA) is 49.3 Å². The van der Waals surface area contributed by atoms with Gasteiger partial charge in [0.15, 0.2) is 0 Å². The molecule has 42 heavy (non-hydrogen) atoms. The summed E-state index contributed by atoms with van der Waals surface area (Å²) < 4.78 is 0. The number of nitrogens with zero attached hydrogens (tertiary/aromatic N) is 2. The summed E-state index contributed by atoms with van der Waals surface area (Å²) in [6.07, 6.45) is 6.85. The van der Waals surface area contributed by atoms with E-state index in [2.05, 4.69) is 144 Å². The van der Waals surface area contributed by atoms with Gasteiger partial charge < -0.3 is 10.6 Å². The molecule has 2 unspecified atom stereocenters. The molecule has 0 saturated carbocycles. The maximum atomic E-state index is 5.48. The van der Waals surface area contributed by atoms with E-state index in [1.807, 2.05) is 14.1 Å². The van der Waals surface area contributed by atoms with Gasteiger partial charge in [0.05, 0.1) is 17.1 Å². The first-order valence-corrected chi connectivity index (χ1v) is 14.4. The molecular formula is C38H32N4. The lowest BCUT2D eigenvalue weighted by Crippen LogP contribution is -2.23. The van der Waals surface area contributed by atoms with Crippen LogP contribution in [0.15, 0.2) is 132 Å². The summed E-state index contributed by atoms with van der Waals surface area (Å²) in [5.41, 5.74) is 13.1. The largest absolute Gasteiger partial charge is 0.388 e. The van der Waals surface area contributed by atoms with Gasteiger partial charge in [-0.2, -0.15) is 0 Å². The second-order valence-electron chi connectivity index (χ2n) is 10.6. The molecule has 0 fully saturated rings. The number of pyridine rings is 1. The van der Waals surface area contributed by atoms with Gasteiger partial charge in [-0.1, -0.05) is 109 Å². The highest BCUT2D eigenvalue weighted by atomic mass is 14.9. The Bertz CT molecular complexity index is 1850. The maximum absolute atomic E-state index is 5.48. The van der Waals surface area contributed by atoms with E-state index in [-0.39, 0.29) is 12.0 Å². The maximum Gasteiger partial charge on any atom is 0.104 e. The van der Waals surface area contributed by atoms with E-state index in [1.165, 1.54) is 22.3 Å². The Morgan fingerprint density at radius 1 is 0.619 bits per heavy atom. The van der Waals surface area contributed by atoms with Crippen LogP contribution in [0.3, 0.4) is 0 Å². The van der Waals surface area contributed by atoms with E-state index in [1.54, 1.807) is 0 Å². The number of hydrogen-bond acceptors (Lipinski definition) is 4. The summed E-state index contributed by atoms with van der Waals surface area (Å²) in [6.45, 7) is 0. The molecule has 4 heteroatoms. The molecule has 4 aromatic carbocycles. The van der Waals surface area contributed by atoms with Crippen LogP contribution >= 0.6 is 0 Å². The van der Waals surface area contributed by atoms with Gasteiger partial charge >= 0.3 is 0 Å². The zero-order valence-corrected chi connectivity index (χ0v) is 23.8. The van der Waals surface area contributed by atoms with Gasteiger partial charge in [-0.25, -0.2) is 4.98 Å². The Kier molecular flexibility index (Phi) is 6.73. The monoisotopic (exact) mass is 544 g/mol. The van der Waals surface area contributed by atoms with Crippen LogP contribution in [0, 0.1) is 5.92 Å². The average molecular weight is 545 g/mol. The van der Waals surface area contributed by atoms with E-state index < -0.39 is 0 Å². The van der Waals surface area contributed by atoms with E-state index in [4.69, 9.17) is 9.98 Å². The van der Waals surface area contributed by atoms with Crippen LogP contribution < -0.4 is 10.6 Å². The van der Waals surface area contributed by atoms with Gasteiger partial charge in [0, 0.05) is 48.1 Å². The van der Waals surface area contributed by atoms with Gasteiger partial charge in [-0.3, -0.25) is 4.99 Å². The zero-order chi connectivity index (χ0) is 28.5. The first-order valence-electron chi connectivity index (χ1n) is 14.4. The molecule has 0 spiro atoms. The SMILES string of the molecule is CNc1ccccc1C1=NC2c3nc(-c4ccccc4NC)cc(-c4ccccc4)c3C=CC2C(c2ccccc2)=C1. The first kappa shape index (κ1) is 25.7. The van der Waals surface area contributed by atoms with Crippen molar-refractivity contribution in [3.63, 3.8) is 0 Å². The minimum atomic E-state index is -0.172. The van der Waals surface area contributed by atoms with Crippen molar-refractivity contribution in [3.05, 3.63) is 150 Å². The number of aromatic nitrogens is 1. The molecule has 1 aliphatic heterocycles. The number of allylic oxidation sites excluding steroid dienone is 1. The number of para-hydroxylation sites is 2. The van der Waals surface area contributed by atoms with Gasteiger partial charge in [-0.15, -0.1) is 0 Å². The van der Waals surface area contributed by atoms with Crippen molar-refractivity contribution >= 4 is 28.7 Å². The molecule has 0 saturated heterocycles. The molecule has 1 aromatic heterocycles. The summed E-state index contributed by atoms with van der Waals surface area (Å²) in [5, 5.41) is 6.73. The standard InChI is InChI=1S/C38H32N4/c1-39-33-19-11-9-17-29(33)35-23-31(25-13-5-3-6-14-25)27-21-22-28-32(26-15-7-4-8-16-26)24-36(42-38(28)37(27)41-35)30-18-10-12-20-34(30)40-2/h3-24,27,37,39-40H,1-2H3. The highest BCUT2D eigenvalue weighted by molar-refractivity contribution is 6.16. The average Bonchev–Trinajstić information content (AvgIpc) is 3.07. The second-order valence-corrected chi connectivity index (χ2v) is 10.6. The Morgan fingerprint density at radius 2 is 1.21 bits per heavy atom. The Balaban J connectivity index is 1.49. The Labute approximate surface area is 247 Å². The molecule has 5 aromatic rings. The number of anilines is 2. The van der Waals surface area contributed by atoms with Gasteiger partial charge in [0.1, 0.15) is 6.04 Å². The van der Waals surface area contributed by atoms with Crippen LogP contribution in [0.2, 0.25) is 0 Å². The van der Waals surface area contributed by atoms with Crippen LogP contribution in [0.25, 0.3) is 34.0 Å². The molecule has 2 aliphatic rings. The fourth-order valence-corrected chi connectivity index (χ4v) is 6.19. The predicted molar refractivity (Wildman–Crippen MR) is 177 cm³/mol. The summed E-state index contributed by atoms with van der Waals surface area (Å²) in [6, 6.07) is 40.1. The highest BCUT2D eigenvalue weighted by Crippen LogP contribution is 2.48. The van der Waals surface area contributed by atoms with Crippen molar-refractivity contribution in [1.82, 2.24) is 4.98 Å². The van der Waals surface area contributed by atoms with Crippen molar-refractivity contribution in [2.75, 3.05) is 24.7 Å². The molecular weight excluding hydrogens is 512 g/mol.